The summed E-state index contributed by atoms with van der Waals surface area (Å²) < 4.78 is 45.7. The van der Waals surface area contributed by atoms with Crippen molar-refractivity contribution in [2.75, 3.05) is 32.7 Å². The number of amides is 2. The molecule has 0 spiro atoms. The number of aliphatic hydroxyl groups is 1. The molecule has 2 aliphatic rings. The highest BCUT2D eigenvalue weighted by Gasteiger charge is 2.45. The van der Waals surface area contributed by atoms with Crippen LogP contribution in [0.5, 0.6) is 0 Å². The highest BCUT2D eigenvalue weighted by Crippen LogP contribution is 2.38. The largest absolute Gasteiger partial charge is 0.384 e. The number of rotatable bonds is 9. The topological polar surface area (TPSA) is 90.7 Å². The van der Waals surface area contributed by atoms with Crippen molar-refractivity contribution in [2.24, 2.45) is 11.8 Å². The van der Waals surface area contributed by atoms with Crippen molar-refractivity contribution in [3.8, 4) is 11.3 Å². The Labute approximate surface area is 236 Å². The van der Waals surface area contributed by atoms with Gasteiger partial charge in [0, 0.05) is 69.8 Å². The SMILES string of the molecule is CC(=O)N1CC(C(c2nc(-c3cc(F)ccc3F)cn2Cc2ccccc2)N(CC2CNCC2F)C(=O)C(C)O)C1. The Hall–Kier alpha value is -3.70. The number of hydrogen-bond acceptors (Lipinski definition) is 5. The minimum atomic E-state index is -1.37. The third-order valence-electron chi connectivity index (χ3n) is 7.94. The third-order valence-corrected chi connectivity index (χ3v) is 7.94. The van der Waals surface area contributed by atoms with Crippen LogP contribution in [0, 0.1) is 23.5 Å². The number of likely N-dealkylation sites (tertiary alicyclic amines) is 1. The molecule has 0 aliphatic carbocycles. The van der Waals surface area contributed by atoms with Gasteiger partial charge in [-0.1, -0.05) is 30.3 Å². The van der Waals surface area contributed by atoms with E-state index >= 15 is 0 Å². The number of carbonyl (C=O) groups excluding carboxylic acids is 2. The number of alkyl halides is 1. The summed E-state index contributed by atoms with van der Waals surface area (Å²) in [5.41, 5.74) is 1.05. The molecular weight excluding hydrogens is 535 g/mol. The summed E-state index contributed by atoms with van der Waals surface area (Å²) in [6.07, 6.45) is -0.933. The van der Waals surface area contributed by atoms with Gasteiger partial charge >= 0.3 is 0 Å². The van der Waals surface area contributed by atoms with Gasteiger partial charge in [0.1, 0.15) is 29.7 Å². The summed E-state index contributed by atoms with van der Waals surface area (Å²) in [5.74, 6) is -2.40. The molecule has 11 heteroatoms. The molecule has 2 saturated heterocycles. The molecule has 8 nitrogen and oxygen atoms in total. The van der Waals surface area contributed by atoms with E-state index in [0.717, 1.165) is 23.8 Å². The van der Waals surface area contributed by atoms with Crippen LogP contribution in [-0.2, 0) is 16.1 Å². The third kappa shape index (κ3) is 6.15. The molecule has 3 heterocycles. The minimum Gasteiger partial charge on any atom is -0.384 e. The summed E-state index contributed by atoms with van der Waals surface area (Å²) in [6.45, 7) is 4.33. The van der Waals surface area contributed by atoms with Crippen molar-refractivity contribution >= 4 is 11.8 Å². The summed E-state index contributed by atoms with van der Waals surface area (Å²) in [4.78, 5) is 33.5. The van der Waals surface area contributed by atoms with Gasteiger partial charge in [0.05, 0.1) is 11.7 Å². The van der Waals surface area contributed by atoms with Crippen LogP contribution in [0.2, 0.25) is 0 Å². The standard InChI is InChI=1S/C30H34F3N5O3/c1-18(39)30(41)38(16-21-11-34-12-26(21)33)28(22-14-36(15-22)19(2)40)29-35-27(24-10-23(31)8-9-25(24)32)17-37(29)13-20-6-4-3-5-7-20/h3-10,17-18,21-22,26,28,34,39H,11-16H2,1-2H3. The zero-order chi connectivity index (χ0) is 29.3. The average Bonchev–Trinajstić information content (AvgIpc) is 3.51. The molecule has 5 rings (SSSR count). The first-order valence-electron chi connectivity index (χ1n) is 13.8. The van der Waals surface area contributed by atoms with Crippen LogP contribution in [0.1, 0.15) is 31.3 Å². The second kappa shape index (κ2) is 12.0. The normalized spacial score (nSPS) is 20.5. The Kier molecular flexibility index (Phi) is 8.46. The zero-order valence-electron chi connectivity index (χ0n) is 23.0. The quantitative estimate of drug-likeness (QED) is 0.413. The lowest BCUT2D eigenvalue weighted by molar-refractivity contribution is -0.149. The molecule has 218 valence electrons. The Bertz CT molecular complexity index is 1390. The van der Waals surface area contributed by atoms with Gasteiger partial charge in [-0.3, -0.25) is 9.59 Å². The van der Waals surface area contributed by atoms with Crippen LogP contribution in [0.3, 0.4) is 0 Å². The van der Waals surface area contributed by atoms with Crippen molar-refractivity contribution in [3.05, 3.63) is 77.8 Å². The van der Waals surface area contributed by atoms with Gasteiger partial charge in [0.2, 0.25) is 5.91 Å². The van der Waals surface area contributed by atoms with Crippen molar-refractivity contribution in [1.82, 2.24) is 24.7 Å². The van der Waals surface area contributed by atoms with Crippen LogP contribution in [0.4, 0.5) is 13.2 Å². The van der Waals surface area contributed by atoms with Crippen LogP contribution < -0.4 is 5.32 Å². The number of hydrogen-bond donors (Lipinski definition) is 2. The second-order valence-electron chi connectivity index (χ2n) is 11.0. The maximum Gasteiger partial charge on any atom is 0.251 e. The number of halogens is 3. The van der Waals surface area contributed by atoms with E-state index in [0.29, 0.717) is 32.0 Å². The first-order chi connectivity index (χ1) is 19.6. The Morgan fingerprint density at radius 3 is 2.51 bits per heavy atom. The number of aromatic nitrogens is 2. The molecular formula is C30H34F3N5O3. The first-order valence-corrected chi connectivity index (χ1v) is 13.8. The highest BCUT2D eigenvalue weighted by molar-refractivity contribution is 5.81. The van der Waals surface area contributed by atoms with E-state index in [1.54, 1.807) is 15.7 Å². The van der Waals surface area contributed by atoms with Gasteiger partial charge in [0.15, 0.2) is 0 Å². The van der Waals surface area contributed by atoms with Gasteiger partial charge in [-0.15, -0.1) is 0 Å². The number of imidazole rings is 1. The van der Waals surface area contributed by atoms with Crippen molar-refractivity contribution in [2.45, 2.75) is 38.7 Å². The monoisotopic (exact) mass is 569 g/mol. The fraction of sp³-hybridized carbons (Fsp3) is 0.433. The van der Waals surface area contributed by atoms with Crippen molar-refractivity contribution in [1.29, 1.82) is 0 Å². The van der Waals surface area contributed by atoms with Gasteiger partial charge in [-0.2, -0.15) is 0 Å². The smallest absolute Gasteiger partial charge is 0.251 e. The summed E-state index contributed by atoms with van der Waals surface area (Å²) >= 11 is 0. The lowest BCUT2D eigenvalue weighted by Crippen LogP contribution is -2.57. The van der Waals surface area contributed by atoms with Crippen LogP contribution >= 0.6 is 0 Å². The van der Waals surface area contributed by atoms with E-state index in [4.69, 9.17) is 4.98 Å². The molecule has 2 aliphatic heterocycles. The van der Waals surface area contributed by atoms with Gasteiger partial charge in [0.25, 0.3) is 5.91 Å². The minimum absolute atomic E-state index is 0.0149. The van der Waals surface area contributed by atoms with Crippen molar-refractivity contribution < 1.29 is 27.9 Å². The maximum absolute atomic E-state index is 14.9. The predicted molar refractivity (Wildman–Crippen MR) is 146 cm³/mol. The van der Waals surface area contributed by atoms with Crippen LogP contribution in [0.15, 0.2) is 54.7 Å². The van der Waals surface area contributed by atoms with Gasteiger partial charge in [-0.05, 0) is 30.7 Å². The van der Waals surface area contributed by atoms with Crippen LogP contribution in [0.25, 0.3) is 11.3 Å². The number of aliphatic hydroxyl groups excluding tert-OH is 1. The lowest BCUT2D eigenvalue weighted by Gasteiger charge is -2.47. The van der Waals surface area contributed by atoms with E-state index in [-0.39, 0.29) is 36.2 Å². The Morgan fingerprint density at radius 1 is 1.15 bits per heavy atom. The molecule has 0 saturated carbocycles. The number of carbonyl (C=O) groups is 2. The fourth-order valence-corrected chi connectivity index (χ4v) is 5.68. The van der Waals surface area contributed by atoms with E-state index in [2.05, 4.69) is 5.32 Å². The lowest BCUT2D eigenvalue weighted by atomic mass is 9.88. The maximum atomic E-state index is 14.9. The molecule has 2 fully saturated rings. The highest BCUT2D eigenvalue weighted by atomic mass is 19.1. The van der Waals surface area contributed by atoms with Gasteiger partial charge in [-0.25, -0.2) is 18.2 Å². The van der Waals surface area contributed by atoms with E-state index in [1.807, 2.05) is 30.3 Å². The molecule has 1 aromatic heterocycles. The summed E-state index contributed by atoms with van der Waals surface area (Å²) in [6, 6.07) is 11.8. The molecule has 41 heavy (non-hydrogen) atoms. The van der Waals surface area contributed by atoms with Gasteiger partial charge < -0.3 is 24.8 Å². The molecule has 2 aromatic carbocycles. The van der Waals surface area contributed by atoms with Crippen LogP contribution in [-0.4, -0.2) is 81.3 Å². The molecule has 0 radical (unpaired) electrons. The molecule has 3 aromatic rings. The molecule has 2 N–H and O–H groups in total. The Morgan fingerprint density at radius 2 is 1.88 bits per heavy atom. The molecule has 4 unspecified atom stereocenters. The predicted octanol–water partition coefficient (Wildman–Crippen LogP) is 3.16. The Balaban J connectivity index is 1.64. The number of benzene rings is 2. The number of nitrogens with zero attached hydrogens (tertiary/aromatic N) is 4. The van der Waals surface area contributed by atoms with E-state index in [9.17, 15) is 27.9 Å². The summed E-state index contributed by atoms with van der Waals surface area (Å²) in [7, 11) is 0. The molecule has 2 amide bonds. The number of nitrogens with one attached hydrogen (secondary N) is 1. The first kappa shape index (κ1) is 28.8. The van der Waals surface area contributed by atoms with E-state index < -0.39 is 41.8 Å². The molecule has 4 atom stereocenters. The summed E-state index contributed by atoms with van der Waals surface area (Å²) in [5, 5.41) is 13.4. The van der Waals surface area contributed by atoms with Crippen molar-refractivity contribution in [3.63, 3.8) is 0 Å². The average molecular weight is 570 g/mol. The zero-order valence-corrected chi connectivity index (χ0v) is 23.0. The fourth-order valence-electron chi connectivity index (χ4n) is 5.68. The van der Waals surface area contributed by atoms with E-state index in [1.165, 1.54) is 18.7 Å². The second-order valence-corrected chi connectivity index (χ2v) is 11.0. The molecule has 0 bridgehead atoms.